The minimum atomic E-state index is -4.81. The Labute approximate surface area is 209 Å². The summed E-state index contributed by atoms with van der Waals surface area (Å²) in [5, 5.41) is 10.1. The van der Waals surface area contributed by atoms with Crippen LogP contribution < -0.4 is 15.8 Å². The molecule has 2 fully saturated rings. The Morgan fingerprint density at radius 3 is 2.54 bits per heavy atom. The van der Waals surface area contributed by atoms with E-state index in [1.807, 2.05) is 0 Å². The second-order valence-corrected chi connectivity index (χ2v) is 8.94. The van der Waals surface area contributed by atoms with Crippen molar-refractivity contribution in [3.8, 4) is 17.6 Å². The van der Waals surface area contributed by atoms with E-state index in [1.54, 1.807) is 6.92 Å². The second kappa shape index (κ2) is 10.1. The van der Waals surface area contributed by atoms with Crippen LogP contribution in [0, 0.1) is 18.8 Å². The van der Waals surface area contributed by atoms with E-state index in [-0.39, 0.29) is 24.0 Å². The number of carbonyl (C=O) groups is 3. The van der Waals surface area contributed by atoms with Crippen LogP contribution in [-0.2, 0) is 19.8 Å². The minimum Gasteiger partial charge on any atom is -0.415 e. The van der Waals surface area contributed by atoms with Crippen LogP contribution in [0.3, 0.4) is 0 Å². The number of nitrogens with two attached hydrogens (primary N) is 1. The van der Waals surface area contributed by atoms with E-state index in [4.69, 9.17) is 10.2 Å². The lowest BCUT2D eigenvalue weighted by atomic mass is 9.93. The second-order valence-electron chi connectivity index (χ2n) is 8.94. The molecule has 13 heteroatoms. The molecule has 0 unspecified atom stereocenters. The van der Waals surface area contributed by atoms with Crippen LogP contribution in [0.4, 0.5) is 13.2 Å². The highest BCUT2D eigenvalue weighted by atomic mass is 19.4. The van der Waals surface area contributed by atoms with E-state index in [0.29, 0.717) is 43.7 Å². The Morgan fingerprint density at radius 1 is 1.27 bits per heavy atom. The van der Waals surface area contributed by atoms with Crippen LogP contribution in [-0.4, -0.2) is 57.8 Å². The van der Waals surface area contributed by atoms with Gasteiger partial charge in [-0.25, -0.2) is 0 Å². The summed E-state index contributed by atoms with van der Waals surface area (Å²) in [7, 11) is 0. The fraction of sp³-hybridized carbons (Fsp3) is 0.458. The molecule has 0 bridgehead atoms. The van der Waals surface area contributed by atoms with Gasteiger partial charge in [-0.2, -0.15) is 0 Å². The largest absolute Gasteiger partial charge is 0.573 e. The van der Waals surface area contributed by atoms with Crippen molar-refractivity contribution in [2.45, 2.75) is 62.9 Å². The van der Waals surface area contributed by atoms with Crippen LogP contribution >= 0.6 is 0 Å². The number of aryl methyl sites for hydroxylation is 1. The van der Waals surface area contributed by atoms with E-state index in [9.17, 15) is 27.6 Å². The number of hydrogen-bond acceptors (Lipinski definition) is 7. The number of benzene rings is 1. The lowest BCUT2D eigenvalue weighted by Gasteiger charge is -2.29. The number of alkyl halides is 3. The van der Waals surface area contributed by atoms with Gasteiger partial charge >= 0.3 is 6.36 Å². The third-order valence-corrected chi connectivity index (χ3v) is 6.22. The van der Waals surface area contributed by atoms with Gasteiger partial charge in [0.1, 0.15) is 11.8 Å². The first-order valence-corrected chi connectivity index (χ1v) is 11.5. The number of ether oxygens (including phenoxy) is 1. The summed E-state index contributed by atoms with van der Waals surface area (Å²) >= 11 is 0. The molecule has 3 amide bonds. The Morgan fingerprint density at radius 2 is 1.97 bits per heavy atom. The average molecular weight is 519 g/mol. The highest BCUT2D eigenvalue weighted by molar-refractivity contribution is 5.96. The molecule has 10 nitrogen and oxygen atoms in total. The van der Waals surface area contributed by atoms with Gasteiger partial charge in [-0.15, -0.1) is 18.3 Å². The van der Waals surface area contributed by atoms with Gasteiger partial charge in [-0.1, -0.05) is 23.2 Å². The maximum atomic E-state index is 13.5. The molecule has 1 saturated carbocycles. The van der Waals surface area contributed by atoms with Crippen LogP contribution in [0.25, 0.3) is 0 Å². The predicted octanol–water partition coefficient (Wildman–Crippen LogP) is 1.71. The zero-order valence-corrected chi connectivity index (χ0v) is 19.8. The molecule has 0 radical (unpaired) electrons. The summed E-state index contributed by atoms with van der Waals surface area (Å²) < 4.78 is 46.5. The first-order chi connectivity index (χ1) is 17.5. The van der Waals surface area contributed by atoms with E-state index >= 15 is 0 Å². The third-order valence-electron chi connectivity index (χ3n) is 6.22. The van der Waals surface area contributed by atoms with Gasteiger partial charge in [0.2, 0.25) is 23.6 Å². The monoisotopic (exact) mass is 519 g/mol. The Hall–Kier alpha value is -4.08. The molecule has 2 aliphatic rings. The summed E-state index contributed by atoms with van der Waals surface area (Å²) in [6.45, 7) is 1.94. The van der Waals surface area contributed by atoms with Crippen molar-refractivity contribution in [2.24, 2.45) is 5.73 Å². The molecule has 1 saturated heterocycles. The zero-order chi connectivity index (χ0) is 26.8. The molecule has 37 heavy (non-hydrogen) atoms. The Balaban J connectivity index is 1.46. The van der Waals surface area contributed by atoms with Crippen LogP contribution in [0.15, 0.2) is 28.7 Å². The number of nitrogens with zero attached hydrogens (tertiary/aromatic N) is 3. The van der Waals surface area contributed by atoms with E-state index < -0.39 is 35.7 Å². The van der Waals surface area contributed by atoms with Crippen LogP contribution in [0.1, 0.15) is 49.4 Å². The van der Waals surface area contributed by atoms with E-state index in [0.717, 1.165) is 0 Å². The fourth-order valence-corrected chi connectivity index (χ4v) is 4.39. The van der Waals surface area contributed by atoms with Crippen molar-refractivity contribution in [1.82, 2.24) is 20.4 Å². The van der Waals surface area contributed by atoms with Gasteiger partial charge in [0.25, 0.3) is 5.89 Å². The lowest BCUT2D eigenvalue weighted by Crippen LogP contribution is -2.51. The molecule has 1 aliphatic carbocycles. The summed E-state index contributed by atoms with van der Waals surface area (Å²) in [5.74, 6) is 3.79. The Kier molecular flexibility index (Phi) is 7.11. The fourth-order valence-electron chi connectivity index (χ4n) is 4.39. The van der Waals surface area contributed by atoms with E-state index in [2.05, 4.69) is 32.1 Å². The van der Waals surface area contributed by atoms with Crippen molar-refractivity contribution in [3.05, 3.63) is 41.6 Å². The zero-order valence-electron chi connectivity index (χ0n) is 19.8. The van der Waals surface area contributed by atoms with Crippen molar-refractivity contribution in [1.29, 1.82) is 0 Å². The molecule has 2 atom stereocenters. The molecule has 1 aromatic carbocycles. The van der Waals surface area contributed by atoms with Gasteiger partial charge in [-0.3, -0.25) is 14.4 Å². The lowest BCUT2D eigenvalue weighted by molar-refractivity contribution is -0.274. The number of carbonyl (C=O) groups excluding carboxylic acids is 3. The molecule has 2 aromatic rings. The topological polar surface area (TPSA) is 141 Å². The molecule has 3 N–H and O–H groups in total. The van der Waals surface area contributed by atoms with E-state index in [1.165, 1.54) is 29.2 Å². The number of likely N-dealkylation sites (tertiary alicyclic amines) is 1. The van der Waals surface area contributed by atoms with Crippen molar-refractivity contribution in [2.75, 3.05) is 6.54 Å². The third kappa shape index (κ3) is 6.19. The molecular weight excluding hydrogens is 495 g/mol. The summed E-state index contributed by atoms with van der Waals surface area (Å²) in [6, 6.07) is 3.49. The number of amides is 3. The number of nitrogens with one attached hydrogen (secondary N) is 1. The van der Waals surface area contributed by atoms with Gasteiger partial charge < -0.3 is 25.1 Å². The summed E-state index contributed by atoms with van der Waals surface area (Å²) in [4.78, 5) is 39.7. The maximum Gasteiger partial charge on any atom is 0.573 e. The molecule has 1 aliphatic heterocycles. The van der Waals surface area contributed by atoms with Crippen LogP contribution in [0.5, 0.6) is 5.75 Å². The number of aromatic nitrogens is 2. The number of halogens is 3. The number of hydrogen-bond donors (Lipinski definition) is 2. The van der Waals surface area contributed by atoms with Gasteiger partial charge in [0.05, 0.1) is 17.9 Å². The summed E-state index contributed by atoms with van der Waals surface area (Å²) in [6.07, 6.45) is -3.06. The first kappa shape index (κ1) is 26.0. The standard InChI is InChI=1S/C24H24F3N5O5/c1-14-30-31-20(36-14)9-6-16(13-19(28)33)29-21(34)18-3-2-12-32(18)22(35)23(10-11-23)15-4-7-17(8-5-15)37-24(25,26)27/h4-5,7-8,16,18H,2-3,10-13H2,1H3,(H2,28,33)(H,29,34)/t16-,18+/m1/s1. The SMILES string of the molecule is Cc1nnc(C#C[C@H](CC(N)=O)NC(=O)[C@@H]2CCCN2C(=O)C2(c3ccc(OC(F)(F)F)cc3)CC2)o1. The number of rotatable bonds is 7. The predicted molar refractivity (Wildman–Crippen MR) is 120 cm³/mol. The molecular formula is C24H24F3N5O5. The highest BCUT2D eigenvalue weighted by Crippen LogP contribution is 2.50. The van der Waals surface area contributed by atoms with Crippen molar-refractivity contribution < 1.29 is 36.7 Å². The van der Waals surface area contributed by atoms with Crippen molar-refractivity contribution in [3.63, 3.8) is 0 Å². The molecule has 0 spiro atoms. The number of primary amides is 1. The van der Waals surface area contributed by atoms with Gasteiger partial charge in [0, 0.05) is 13.5 Å². The smallest absolute Gasteiger partial charge is 0.415 e. The maximum absolute atomic E-state index is 13.5. The highest BCUT2D eigenvalue weighted by Gasteiger charge is 2.55. The minimum absolute atomic E-state index is 0.0150. The first-order valence-electron chi connectivity index (χ1n) is 11.5. The normalized spacial score (nSPS) is 18.9. The van der Waals surface area contributed by atoms with Gasteiger partial charge in [0.15, 0.2) is 0 Å². The Bertz CT molecular complexity index is 1240. The molecule has 1 aromatic heterocycles. The molecule has 4 rings (SSSR count). The quantitative estimate of drug-likeness (QED) is 0.531. The van der Waals surface area contributed by atoms with Crippen LogP contribution in [0.2, 0.25) is 0 Å². The average Bonchev–Trinajstić information content (AvgIpc) is 3.27. The summed E-state index contributed by atoms with van der Waals surface area (Å²) in [5.41, 5.74) is 4.96. The van der Waals surface area contributed by atoms with Crippen molar-refractivity contribution >= 4 is 17.7 Å². The molecule has 196 valence electrons. The molecule has 2 heterocycles. The van der Waals surface area contributed by atoms with Gasteiger partial charge in [-0.05, 0) is 49.3 Å².